The number of aliphatic hydroxyl groups excluding tert-OH is 1. The SMILES string of the molecule is CCCCCCCCCCCCCCCCCCCCCCCC(=O)O[C@H](COC(=O)CCCCCCCCCCCCC(C)C)COP(=O)(O)OC[C@@H](O)COP(=O)(O)OC[C@@H](COC(=O)CCCCCCC)OC(=O)CCCCCCCCCC(C)C. The summed E-state index contributed by atoms with van der Waals surface area (Å²) >= 11 is 0. The van der Waals surface area contributed by atoms with Gasteiger partial charge in [-0.05, 0) is 37.5 Å². The van der Waals surface area contributed by atoms with Crippen molar-refractivity contribution in [2.24, 2.45) is 11.8 Å². The number of esters is 4. The molecular weight excluding hydrogens is 1170 g/mol. The van der Waals surface area contributed by atoms with Crippen molar-refractivity contribution in [2.75, 3.05) is 39.6 Å². The highest BCUT2D eigenvalue weighted by molar-refractivity contribution is 7.47. The Bertz CT molecular complexity index is 1730. The Labute approximate surface area is 543 Å². The lowest BCUT2D eigenvalue weighted by Gasteiger charge is -2.21. The van der Waals surface area contributed by atoms with Crippen LogP contribution in [0.15, 0.2) is 0 Å². The van der Waals surface area contributed by atoms with E-state index < -0.39 is 97.5 Å². The number of carbonyl (C=O) groups excluding carboxylic acids is 4. The van der Waals surface area contributed by atoms with Crippen LogP contribution < -0.4 is 0 Å². The van der Waals surface area contributed by atoms with E-state index in [0.29, 0.717) is 31.6 Å². The van der Waals surface area contributed by atoms with E-state index in [1.54, 1.807) is 0 Å². The maximum atomic E-state index is 13.0. The number of rotatable bonds is 69. The molecule has 0 radical (unpaired) electrons. The molecule has 0 saturated heterocycles. The molecule has 0 bridgehead atoms. The van der Waals surface area contributed by atoms with Gasteiger partial charge in [0.25, 0.3) is 0 Å². The summed E-state index contributed by atoms with van der Waals surface area (Å²) in [7, 11) is -9.89. The first-order chi connectivity index (χ1) is 42.9. The summed E-state index contributed by atoms with van der Waals surface area (Å²) in [5, 5.41) is 10.5. The first-order valence-corrected chi connectivity index (χ1v) is 39.5. The monoisotopic (exact) mass is 1310 g/mol. The molecule has 19 heteroatoms. The lowest BCUT2D eigenvalue weighted by molar-refractivity contribution is -0.161. The number of ether oxygens (including phenoxy) is 4. The predicted octanol–water partition coefficient (Wildman–Crippen LogP) is 20.0. The van der Waals surface area contributed by atoms with Gasteiger partial charge in [-0.3, -0.25) is 37.3 Å². The quantitative estimate of drug-likeness (QED) is 0.0222. The van der Waals surface area contributed by atoms with Crippen LogP contribution in [-0.4, -0.2) is 96.7 Å². The van der Waals surface area contributed by atoms with Crippen molar-refractivity contribution in [3.8, 4) is 0 Å². The summed E-state index contributed by atoms with van der Waals surface area (Å²) in [4.78, 5) is 72.2. The van der Waals surface area contributed by atoms with Crippen LogP contribution in [0.2, 0.25) is 0 Å². The molecular formula is C70H136O17P2. The molecule has 0 aromatic carbocycles. The van der Waals surface area contributed by atoms with Crippen molar-refractivity contribution >= 4 is 39.5 Å². The van der Waals surface area contributed by atoms with E-state index in [1.807, 2.05) is 0 Å². The molecule has 0 fully saturated rings. The van der Waals surface area contributed by atoms with Gasteiger partial charge in [-0.15, -0.1) is 0 Å². The second-order valence-electron chi connectivity index (χ2n) is 26.2. The Morgan fingerprint density at radius 3 is 0.764 bits per heavy atom. The van der Waals surface area contributed by atoms with E-state index in [0.717, 1.165) is 102 Å². The summed E-state index contributed by atoms with van der Waals surface area (Å²) in [6.45, 7) is 9.38. The second-order valence-corrected chi connectivity index (χ2v) is 29.1. The van der Waals surface area contributed by atoms with Gasteiger partial charge in [-0.25, -0.2) is 9.13 Å². The fraction of sp³-hybridized carbons (Fsp3) is 0.943. The van der Waals surface area contributed by atoms with E-state index in [1.165, 1.54) is 167 Å². The van der Waals surface area contributed by atoms with Gasteiger partial charge in [0.15, 0.2) is 12.2 Å². The summed E-state index contributed by atoms with van der Waals surface area (Å²) in [5.41, 5.74) is 0. The summed E-state index contributed by atoms with van der Waals surface area (Å²) in [6, 6.07) is 0. The molecule has 5 atom stereocenters. The average molecular weight is 1310 g/mol. The van der Waals surface area contributed by atoms with Crippen molar-refractivity contribution in [2.45, 2.75) is 374 Å². The highest BCUT2D eigenvalue weighted by Crippen LogP contribution is 2.45. The predicted molar refractivity (Wildman–Crippen MR) is 358 cm³/mol. The number of unbranched alkanes of at least 4 members (excludes halogenated alkanes) is 39. The zero-order valence-electron chi connectivity index (χ0n) is 57.7. The molecule has 17 nitrogen and oxygen atoms in total. The topological polar surface area (TPSA) is 237 Å². The van der Waals surface area contributed by atoms with Crippen LogP contribution in [0.25, 0.3) is 0 Å². The Balaban J connectivity index is 5.11. The van der Waals surface area contributed by atoms with Crippen LogP contribution in [0.1, 0.15) is 356 Å². The Kier molecular flexibility index (Phi) is 60.8. The van der Waals surface area contributed by atoms with Crippen LogP contribution in [-0.2, 0) is 65.4 Å². The Hall–Kier alpha value is -1.94. The minimum Gasteiger partial charge on any atom is -0.462 e. The second kappa shape index (κ2) is 62.2. The zero-order valence-corrected chi connectivity index (χ0v) is 59.5. The van der Waals surface area contributed by atoms with Crippen molar-refractivity contribution in [1.82, 2.24) is 0 Å². The Morgan fingerprint density at radius 2 is 0.517 bits per heavy atom. The van der Waals surface area contributed by atoms with Gasteiger partial charge in [-0.2, -0.15) is 0 Å². The third kappa shape index (κ3) is 64.6. The van der Waals surface area contributed by atoms with Gasteiger partial charge in [-0.1, -0.05) is 305 Å². The molecule has 0 rings (SSSR count). The van der Waals surface area contributed by atoms with E-state index in [2.05, 4.69) is 41.5 Å². The number of carbonyl (C=O) groups is 4. The lowest BCUT2D eigenvalue weighted by atomic mass is 10.0. The molecule has 0 aliphatic heterocycles. The number of hydrogen-bond acceptors (Lipinski definition) is 15. The van der Waals surface area contributed by atoms with Gasteiger partial charge in [0, 0.05) is 25.7 Å². The third-order valence-electron chi connectivity index (χ3n) is 16.2. The summed E-state index contributed by atoms with van der Waals surface area (Å²) in [5.74, 6) is -0.685. The summed E-state index contributed by atoms with van der Waals surface area (Å²) < 4.78 is 68.0. The van der Waals surface area contributed by atoms with Crippen LogP contribution in [0.3, 0.4) is 0 Å². The molecule has 0 aromatic heterocycles. The maximum Gasteiger partial charge on any atom is 0.472 e. The van der Waals surface area contributed by atoms with E-state index in [-0.39, 0.29) is 25.7 Å². The normalized spacial score (nSPS) is 14.1. The fourth-order valence-electron chi connectivity index (χ4n) is 10.6. The minimum atomic E-state index is -4.95. The van der Waals surface area contributed by atoms with Crippen LogP contribution in [0.5, 0.6) is 0 Å². The van der Waals surface area contributed by atoms with E-state index >= 15 is 0 Å². The minimum absolute atomic E-state index is 0.103. The smallest absolute Gasteiger partial charge is 0.462 e. The average Bonchev–Trinajstić information content (AvgIpc) is 3.62. The number of aliphatic hydroxyl groups is 1. The molecule has 89 heavy (non-hydrogen) atoms. The van der Waals surface area contributed by atoms with Crippen molar-refractivity contribution in [3.63, 3.8) is 0 Å². The molecule has 0 saturated carbocycles. The third-order valence-corrected chi connectivity index (χ3v) is 18.1. The first-order valence-electron chi connectivity index (χ1n) is 36.5. The molecule has 0 spiro atoms. The van der Waals surface area contributed by atoms with Crippen molar-refractivity contribution in [3.05, 3.63) is 0 Å². The molecule has 0 heterocycles. The highest BCUT2D eigenvalue weighted by Gasteiger charge is 2.30. The standard InChI is InChI=1S/C70H136O17P2/c1-7-9-11-13-14-15-16-17-18-19-20-21-22-23-24-25-26-31-36-42-48-54-69(74)87-66(59-81-68(73)53-47-41-35-30-28-27-29-33-39-44-50-62(3)4)61-85-89(78,79)83-57-64(71)56-82-88(76,77)84-60-65(58-80-67(72)52-46-38-12-10-8-2)86-70(75)55-49-43-37-32-34-40-45-51-63(5)6/h62-66,71H,7-61H2,1-6H3,(H,76,77)(H,78,79)/t64-,65+,66+/m0/s1. The van der Waals surface area contributed by atoms with Crippen molar-refractivity contribution in [1.29, 1.82) is 0 Å². The highest BCUT2D eigenvalue weighted by atomic mass is 31.2. The maximum absolute atomic E-state index is 13.0. The van der Waals surface area contributed by atoms with E-state index in [4.69, 9.17) is 37.0 Å². The molecule has 0 aliphatic carbocycles. The first kappa shape index (κ1) is 87.1. The van der Waals surface area contributed by atoms with Gasteiger partial charge in [0.2, 0.25) is 0 Å². The van der Waals surface area contributed by atoms with Crippen LogP contribution in [0.4, 0.5) is 0 Å². The van der Waals surface area contributed by atoms with E-state index in [9.17, 15) is 43.2 Å². The molecule has 528 valence electrons. The molecule has 0 aliphatic rings. The van der Waals surface area contributed by atoms with Gasteiger partial charge in [0.1, 0.15) is 19.3 Å². The lowest BCUT2D eigenvalue weighted by Crippen LogP contribution is -2.30. The van der Waals surface area contributed by atoms with Crippen LogP contribution in [0, 0.1) is 11.8 Å². The molecule has 2 unspecified atom stereocenters. The van der Waals surface area contributed by atoms with Crippen LogP contribution >= 0.6 is 15.6 Å². The molecule has 3 N–H and O–H groups in total. The number of hydrogen-bond donors (Lipinski definition) is 3. The van der Waals surface area contributed by atoms with Gasteiger partial charge in [0.05, 0.1) is 26.4 Å². The number of phosphoric ester groups is 2. The molecule has 0 aromatic rings. The largest absolute Gasteiger partial charge is 0.472 e. The molecule has 0 amide bonds. The zero-order chi connectivity index (χ0) is 65.7. The summed E-state index contributed by atoms with van der Waals surface area (Å²) in [6.07, 6.45) is 47.9. The van der Waals surface area contributed by atoms with Crippen molar-refractivity contribution < 1.29 is 80.2 Å². The van der Waals surface area contributed by atoms with Gasteiger partial charge < -0.3 is 33.8 Å². The fourth-order valence-corrected chi connectivity index (χ4v) is 12.2. The Morgan fingerprint density at radius 1 is 0.303 bits per heavy atom. The number of phosphoric acid groups is 2. The van der Waals surface area contributed by atoms with Gasteiger partial charge >= 0.3 is 39.5 Å².